The quantitative estimate of drug-likeness (QED) is 0.320. The van der Waals surface area contributed by atoms with Gasteiger partial charge in [-0.05, 0) is 61.4 Å². The highest BCUT2D eigenvalue weighted by atomic mass is 35.5. The fourth-order valence-corrected chi connectivity index (χ4v) is 5.73. The summed E-state index contributed by atoms with van der Waals surface area (Å²) in [7, 11) is -3.84. The van der Waals surface area contributed by atoms with Crippen LogP contribution in [0.4, 0.5) is 0 Å². The molecule has 0 spiro atoms. The van der Waals surface area contributed by atoms with Crippen LogP contribution >= 0.6 is 11.6 Å². The van der Waals surface area contributed by atoms with E-state index in [-0.39, 0.29) is 11.4 Å². The van der Waals surface area contributed by atoms with Crippen LogP contribution in [0.3, 0.4) is 0 Å². The van der Waals surface area contributed by atoms with Crippen molar-refractivity contribution in [2.75, 3.05) is 6.54 Å². The summed E-state index contributed by atoms with van der Waals surface area (Å²) in [5.41, 5.74) is 1.44. The summed E-state index contributed by atoms with van der Waals surface area (Å²) in [5.74, 6) is -0.248. The van der Waals surface area contributed by atoms with Gasteiger partial charge in [0, 0.05) is 22.3 Å². The molecule has 1 aromatic heterocycles. The van der Waals surface area contributed by atoms with Gasteiger partial charge in [-0.3, -0.25) is 0 Å². The molecule has 1 unspecified atom stereocenters. The van der Waals surface area contributed by atoms with Crippen molar-refractivity contribution in [3.05, 3.63) is 71.8 Å². The maximum Gasteiger partial charge on any atom is 0.329 e. The van der Waals surface area contributed by atoms with Gasteiger partial charge >= 0.3 is 5.97 Å². The van der Waals surface area contributed by atoms with Crippen LogP contribution in [0.5, 0.6) is 5.75 Å². The average Bonchev–Trinajstić information content (AvgIpc) is 3.39. The molecule has 0 radical (unpaired) electrons. The molecule has 6 nitrogen and oxygen atoms in total. The molecule has 3 aromatic carbocycles. The molecule has 4 aromatic rings. The number of para-hydroxylation sites is 1. The van der Waals surface area contributed by atoms with Gasteiger partial charge in [0.2, 0.25) is 10.0 Å². The predicted molar refractivity (Wildman–Crippen MR) is 118 cm³/mol. The fraction of sp³-hybridized carbons (Fsp3) is 0.174. The standard InChI is InChI=1S/C23H18ClNO5S/c24-15-7-10-17(11-8-15)31(27,28)25-13-3-5-20(25)23(26)29-16-9-12-22-19(14-16)18-4-1-2-6-21(18)30-22/h1-2,4,6-12,14,20H,3,5,13H2. The molecule has 5 rings (SSSR count). The summed E-state index contributed by atoms with van der Waals surface area (Å²) in [4.78, 5) is 13.0. The van der Waals surface area contributed by atoms with Gasteiger partial charge in [-0.15, -0.1) is 0 Å². The van der Waals surface area contributed by atoms with E-state index in [0.29, 0.717) is 29.2 Å². The molecular weight excluding hydrogens is 438 g/mol. The van der Waals surface area contributed by atoms with Crippen LogP contribution in [0, 0.1) is 0 Å². The Hall–Kier alpha value is -2.87. The summed E-state index contributed by atoms with van der Waals surface area (Å²) >= 11 is 5.87. The summed E-state index contributed by atoms with van der Waals surface area (Å²) < 4.78 is 38.7. The molecule has 0 amide bonds. The zero-order valence-corrected chi connectivity index (χ0v) is 17.9. The minimum Gasteiger partial charge on any atom is -0.456 e. The Bertz CT molecular complexity index is 1390. The van der Waals surface area contributed by atoms with Crippen molar-refractivity contribution >= 4 is 49.5 Å². The fourth-order valence-electron chi connectivity index (χ4n) is 3.96. The van der Waals surface area contributed by atoms with E-state index >= 15 is 0 Å². The lowest BCUT2D eigenvalue weighted by Gasteiger charge is -2.22. The first-order valence-corrected chi connectivity index (χ1v) is 11.7. The lowest BCUT2D eigenvalue weighted by atomic mass is 10.1. The number of benzene rings is 3. The number of hydrogen-bond donors (Lipinski definition) is 0. The maximum atomic E-state index is 13.1. The molecule has 158 valence electrons. The molecule has 1 saturated heterocycles. The Morgan fingerprint density at radius 1 is 1.00 bits per heavy atom. The van der Waals surface area contributed by atoms with E-state index in [1.54, 1.807) is 18.2 Å². The summed E-state index contributed by atoms with van der Waals surface area (Å²) in [5, 5.41) is 2.19. The topological polar surface area (TPSA) is 76.8 Å². The Kier molecular flexibility index (Phi) is 4.97. The van der Waals surface area contributed by atoms with Gasteiger partial charge in [0.15, 0.2) is 0 Å². The van der Waals surface area contributed by atoms with E-state index in [1.807, 2.05) is 24.3 Å². The van der Waals surface area contributed by atoms with Crippen LogP contribution in [-0.2, 0) is 14.8 Å². The van der Waals surface area contributed by atoms with Gasteiger partial charge in [0.25, 0.3) is 0 Å². The number of rotatable bonds is 4. The number of esters is 1. The van der Waals surface area contributed by atoms with E-state index in [2.05, 4.69) is 0 Å². The van der Waals surface area contributed by atoms with Crippen molar-refractivity contribution in [1.29, 1.82) is 0 Å². The Balaban J connectivity index is 1.41. The van der Waals surface area contributed by atoms with Gasteiger partial charge in [0.1, 0.15) is 23.0 Å². The van der Waals surface area contributed by atoms with Gasteiger partial charge in [0.05, 0.1) is 4.90 Å². The number of ether oxygens (including phenoxy) is 1. The second-order valence-corrected chi connectivity index (χ2v) is 9.73. The molecule has 1 aliphatic rings. The molecule has 0 N–H and O–H groups in total. The molecule has 0 saturated carbocycles. The van der Waals surface area contributed by atoms with Crippen molar-refractivity contribution in [3.63, 3.8) is 0 Å². The van der Waals surface area contributed by atoms with E-state index in [4.69, 9.17) is 20.8 Å². The third kappa shape index (κ3) is 3.59. The maximum absolute atomic E-state index is 13.1. The molecule has 8 heteroatoms. The minimum absolute atomic E-state index is 0.0999. The van der Waals surface area contributed by atoms with Crippen LogP contribution in [0.2, 0.25) is 5.02 Å². The van der Waals surface area contributed by atoms with Crippen LogP contribution < -0.4 is 4.74 Å². The lowest BCUT2D eigenvalue weighted by molar-refractivity contribution is -0.137. The first-order chi connectivity index (χ1) is 14.9. The number of nitrogens with zero attached hydrogens (tertiary/aromatic N) is 1. The van der Waals surface area contributed by atoms with E-state index in [0.717, 1.165) is 16.4 Å². The first kappa shape index (κ1) is 20.1. The summed E-state index contributed by atoms with van der Waals surface area (Å²) in [6.45, 7) is 0.260. The minimum atomic E-state index is -3.84. The first-order valence-electron chi connectivity index (χ1n) is 9.84. The molecule has 0 aliphatic carbocycles. The number of hydrogen-bond acceptors (Lipinski definition) is 5. The largest absolute Gasteiger partial charge is 0.456 e. The summed E-state index contributed by atoms with van der Waals surface area (Å²) in [6.07, 6.45) is 0.987. The highest BCUT2D eigenvalue weighted by Gasteiger charge is 2.40. The number of fused-ring (bicyclic) bond motifs is 3. The van der Waals surface area contributed by atoms with Crippen molar-refractivity contribution in [1.82, 2.24) is 4.31 Å². The van der Waals surface area contributed by atoms with Crippen molar-refractivity contribution in [2.45, 2.75) is 23.8 Å². The van der Waals surface area contributed by atoms with Gasteiger partial charge in [-0.2, -0.15) is 4.31 Å². The predicted octanol–water partition coefficient (Wildman–Crippen LogP) is 5.00. The van der Waals surface area contributed by atoms with Crippen molar-refractivity contribution in [3.8, 4) is 5.75 Å². The van der Waals surface area contributed by atoms with Crippen LogP contribution in [0.15, 0.2) is 76.0 Å². The third-order valence-corrected chi connectivity index (χ3v) is 7.64. The number of sulfonamides is 1. The zero-order valence-electron chi connectivity index (χ0n) is 16.3. The lowest BCUT2D eigenvalue weighted by Crippen LogP contribution is -2.42. The molecule has 1 fully saturated rings. The average molecular weight is 456 g/mol. The third-order valence-electron chi connectivity index (χ3n) is 5.46. The van der Waals surface area contributed by atoms with Crippen LogP contribution in [0.25, 0.3) is 21.9 Å². The van der Waals surface area contributed by atoms with Crippen LogP contribution in [0.1, 0.15) is 12.8 Å². The van der Waals surface area contributed by atoms with E-state index < -0.39 is 22.0 Å². The second kappa shape index (κ2) is 7.67. The van der Waals surface area contributed by atoms with Crippen molar-refractivity contribution in [2.24, 2.45) is 0 Å². The normalized spacial score (nSPS) is 17.4. The van der Waals surface area contributed by atoms with Gasteiger partial charge in [-0.1, -0.05) is 29.8 Å². The highest BCUT2D eigenvalue weighted by molar-refractivity contribution is 7.89. The second-order valence-electron chi connectivity index (χ2n) is 7.40. The smallest absolute Gasteiger partial charge is 0.329 e. The highest BCUT2D eigenvalue weighted by Crippen LogP contribution is 2.32. The van der Waals surface area contributed by atoms with Gasteiger partial charge < -0.3 is 9.15 Å². The van der Waals surface area contributed by atoms with E-state index in [1.165, 1.54) is 28.6 Å². The molecular formula is C23H18ClNO5S. The Morgan fingerprint density at radius 3 is 2.55 bits per heavy atom. The SMILES string of the molecule is O=C(Oc1ccc2oc3ccccc3c2c1)C1CCCN1S(=O)(=O)c1ccc(Cl)cc1. The number of furan rings is 1. The zero-order chi connectivity index (χ0) is 21.6. The van der Waals surface area contributed by atoms with Crippen molar-refractivity contribution < 1.29 is 22.4 Å². The monoisotopic (exact) mass is 455 g/mol. The van der Waals surface area contributed by atoms with Gasteiger partial charge in [-0.25, -0.2) is 13.2 Å². The Labute approximate surface area is 184 Å². The van der Waals surface area contributed by atoms with E-state index in [9.17, 15) is 13.2 Å². The molecule has 0 bridgehead atoms. The number of halogens is 1. The number of carbonyl (C=O) groups is 1. The van der Waals surface area contributed by atoms with Crippen LogP contribution in [-0.4, -0.2) is 31.3 Å². The number of carbonyl (C=O) groups excluding carboxylic acids is 1. The molecule has 1 atom stereocenters. The summed E-state index contributed by atoms with van der Waals surface area (Å²) in [6, 6.07) is 17.8. The Morgan fingerprint density at radius 2 is 1.74 bits per heavy atom. The molecule has 31 heavy (non-hydrogen) atoms. The molecule has 1 aliphatic heterocycles. The molecule has 2 heterocycles.